The molecule has 0 fully saturated rings. The molecule has 2 rings (SSSR count). The molecule has 2 nitrogen and oxygen atoms in total. The monoisotopic (exact) mass is 253 g/mol. The summed E-state index contributed by atoms with van der Waals surface area (Å²) in [5, 5.41) is 3.56. The van der Waals surface area contributed by atoms with Crippen LogP contribution in [-0.4, -0.2) is 6.04 Å². The summed E-state index contributed by atoms with van der Waals surface area (Å²) in [6, 6.07) is 8.30. The molecule has 0 amide bonds. The Kier molecular flexibility index (Phi) is 3.69. The number of benzene rings is 1. The SMILES string of the molecule is CC(Cc1ccco1)Nc1cc(F)cc(Cl)c1. The van der Waals surface area contributed by atoms with Crippen LogP contribution in [0.5, 0.6) is 0 Å². The van der Waals surface area contributed by atoms with Gasteiger partial charge in [0.05, 0.1) is 6.26 Å². The molecule has 1 aromatic carbocycles. The van der Waals surface area contributed by atoms with E-state index in [0.29, 0.717) is 10.7 Å². The summed E-state index contributed by atoms with van der Waals surface area (Å²) in [6.45, 7) is 2.00. The Balaban J connectivity index is 2.00. The smallest absolute Gasteiger partial charge is 0.126 e. The lowest BCUT2D eigenvalue weighted by Crippen LogP contribution is -2.17. The van der Waals surface area contributed by atoms with Gasteiger partial charge in [-0.15, -0.1) is 0 Å². The molecule has 1 heterocycles. The van der Waals surface area contributed by atoms with E-state index in [0.717, 1.165) is 12.2 Å². The van der Waals surface area contributed by atoms with Crippen LogP contribution in [0.15, 0.2) is 41.0 Å². The summed E-state index contributed by atoms with van der Waals surface area (Å²) in [5.41, 5.74) is 0.675. The van der Waals surface area contributed by atoms with Crippen LogP contribution in [-0.2, 0) is 6.42 Å². The zero-order valence-electron chi connectivity index (χ0n) is 9.41. The molecule has 0 saturated carbocycles. The maximum atomic E-state index is 13.1. The van der Waals surface area contributed by atoms with E-state index in [4.69, 9.17) is 16.0 Å². The Bertz CT molecular complexity index is 464. The summed E-state index contributed by atoms with van der Waals surface area (Å²) in [5.74, 6) is 0.553. The number of nitrogens with one attached hydrogen (secondary N) is 1. The standard InChI is InChI=1S/C13H13ClFNO/c1-9(5-13-3-2-4-17-13)16-12-7-10(14)6-11(15)8-12/h2-4,6-9,16H,5H2,1H3. The molecular formula is C13H13ClFNO. The number of hydrogen-bond donors (Lipinski definition) is 1. The molecule has 0 bridgehead atoms. The van der Waals surface area contributed by atoms with Crippen LogP contribution in [0.3, 0.4) is 0 Å². The maximum absolute atomic E-state index is 13.1. The van der Waals surface area contributed by atoms with Gasteiger partial charge in [-0.2, -0.15) is 0 Å². The second kappa shape index (κ2) is 5.23. The van der Waals surface area contributed by atoms with E-state index in [1.807, 2.05) is 19.1 Å². The van der Waals surface area contributed by atoms with Crippen LogP contribution in [0.1, 0.15) is 12.7 Å². The topological polar surface area (TPSA) is 25.2 Å². The Morgan fingerprint density at radius 3 is 2.88 bits per heavy atom. The van der Waals surface area contributed by atoms with Crippen molar-refractivity contribution in [2.24, 2.45) is 0 Å². The van der Waals surface area contributed by atoms with Crippen molar-refractivity contribution in [2.45, 2.75) is 19.4 Å². The largest absolute Gasteiger partial charge is 0.469 e. The quantitative estimate of drug-likeness (QED) is 0.887. The molecule has 1 N–H and O–H groups in total. The highest BCUT2D eigenvalue weighted by molar-refractivity contribution is 6.30. The normalized spacial score (nSPS) is 12.4. The Morgan fingerprint density at radius 2 is 2.24 bits per heavy atom. The molecular weight excluding hydrogens is 241 g/mol. The number of hydrogen-bond acceptors (Lipinski definition) is 2. The van der Waals surface area contributed by atoms with Crippen molar-refractivity contribution in [1.29, 1.82) is 0 Å². The molecule has 2 aromatic rings. The van der Waals surface area contributed by atoms with Gasteiger partial charge in [-0.25, -0.2) is 4.39 Å². The summed E-state index contributed by atoms with van der Waals surface area (Å²) >= 11 is 5.78. The summed E-state index contributed by atoms with van der Waals surface area (Å²) < 4.78 is 18.4. The van der Waals surface area contributed by atoms with Gasteiger partial charge in [0.2, 0.25) is 0 Å². The van der Waals surface area contributed by atoms with E-state index in [1.165, 1.54) is 12.1 Å². The molecule has 17 heavy (non-hydrogen) atoms. The molecule has 0 aliphatic carbocycles. The first-order chi connectivity index (χ1) is 8.13. The van der Waals surface area contributed by atoms with Crippen molar-refractivity contribution in [2.75, 3.05) is 5.32 Å². The summed E-state index contributed by atoms with van der Waals surface area (Å²) in [4.78, 5) is 0. The van der Waals surface area contributed by atoms with Crippen molar-refractivity contribution in [3.63, 3.8) is 0 Å². The van der Waals surface area contributed by atoms with Crippen LogP contribution < -0.4 is 5.32 Å². The Hall–Kier alpha value is -1.48. The van der Waals surface area contributed by atoms with Crippen molar-refractivity contribution in [1.82, 2.24) is 0 Å². The van der Waals surface area contributed by atoms with Gasteiger partial charge in [0.1, 0.15) is 11.6 Å². The van der Waals surface area contributed by atoms with E-state index in [2.05, 4.69) is 5.32 Å². The second-order valence-electron chi connectivity index (χ2n) is 3.99. The minimum atomic E-state index is -0.342. The van der Waals surface area contributed by atoms with Gasteiger partial charge < -0.3 is 9.73 Å². The highest BCUT2D eigenvalue weighted by Crippen LogP contribution is 2.19. The van der Waals surface area contributed by atoms with Gasteiger partial charge in [0.15, 0.2) is 0 Å². The Labute approximate surface area is 104 Å². The lowest BCUT2D eigenvalue weighted by molar-refractivity contribution is 0.497. The highest BCUT2D eigenvalue weighted by atomic mass is 35.5. The average Bonchev–Trinajstić information content (AvgIpc) is 2.67. The van der Waals surface area contributed by atoms with Crippen LogP contribution in [0.2, 0.25) is 5.02 Å². The molecule has 0 radical (unpaired) electrons. The lowest BCUT2D eigenvalue weighted by Gasteiger charge is -2.14. The fourth-order valence-electron chi connectivity index (χ4n) is 1.70. The van der Waals surface area contributed by atoms with Gasteiger partial charge in [-0.05, 0) is 37.3 Å². The zero-order valence-corrected chi connectivity index (χ0v) is 10.2. The molecule has 0 saturated heterocycles. The van der Waals surface area contributed by atoms with Crippen molar-refractivity contribution in [3.8, 4) is 0 Å². The third-order valence-electron chi connectivity index (χ3n) is 2.36. The van der Waals surface area contributed by atoms with Gasteiger partial charge in [-0.3, -0.25) is 0 Å². The van der Waals surface area contributed by atoms with Gasteiger partial charge in [-0.1, -0.05) is 11.6 Å². The zero-order chi connectivity index (χ0) is 12.3. The summed E-state index contributed by atoms with van der Waals surface area (Å²) in [6.07, 6.45) is 2.38. The second-order valence-corrected chi connectivity index (χ2v) is 4.42. The van der Waals surface area contributed by atoms with Crippen LogP contribution >= 0.6 is 11.6 Å². The van der Waals surface area contributed by atoms with Gasteiger partial charge in [0.25, 0.3) is 0 Å². The van der Waals surface area contributed by atoms with Gasteiger partial charge >= 0.3 is 0 Å². The Morgan fingerprint density at radius 1 is 1.41 bits per heavy atom. The van der Waals surface area contributed by atoms with Crippen molar-refractivity contribution in [3.05, 3.63) is 53.2 Å². The molecule has 1 unspecified atom stereocenters. The fraction of sp³-hybridized carbons (Fsp3) is 0.231. The molecule has 0 aliphatic heterocycles. The third kappa shape index (κ3) is 3.49. The van der Waals surface area contributed by atoms with E-state index < -0.39 is 0 Å². The van der Waals surface area contributed by atoms with Crippen LogP contribution in [0, 0.1) is 5.82 Å². The molecule has 1 aromatic heterocycles. The molecule has 90 valence electrons. The lowest BCUT2D eigenvalue weighted by atomic mass is 10.2. The first kappa shape index (κ1) is 12.0. The predicted molar refractivity (Wildman–Crippen MR) is 66.9 cm³/mol. The fourth-order valence-corrected chi connectivity index (χ4v) is 1.93. The molecule has 0 aliphatic rings. The van der Waals surface area contributed by atoms with Gasteiger partial charge in [0, 0.05) is 23.2 Å². The first-order valence-electron chi connectivity index (χ1n) is 5.38. The molecule has 0 spiro atoms. The predicted octanol–water partition coefficient (Wildman–Crippen LogP) is 4.12. The minimum Gasteiger partial charge on any atom is -0.469 e. The number of anilines is 1. The van der Waals surface area contributed by atoms with E-state index in [9.17, 15) is 4.39 Å². The minimum absolute atomic E-state index is 0.138. The number of rotatable bonds is 4. The first-order valence-corrected chi connectivity index (χ1v) is 5.76. The highest BCUT2D eigenvalue weighted by Gasteiger charge is 2.07. The van der Waals surface area contributed by atoms with Crippen molar-refractivity contribution >= 4 is 17.3 Å². The van der Waals surface area contributed by atoms with E-state index in [1.54, 1.807) is 12.3 Å². The van der Waals surface area contributed by atoms with Crippen molar-refractivity contribution < 1.29 is 8.81 Å². The number of furan rings is 1. The summed E-state index contributed by atoms with van der Waals surface area (Å²) in [7, 11) is 0. The number of halogens is 2. The molecule has 4 heteroatoms. The third-order valence-corrected chi connectivity index (χ3v) is 2.58. The van der Waals surface area contributed by atoms with Crippen LogP contribution in [0.4, 0.5) is 10.1 Å². The van der Waals surface area contributed by atoms with Crippen LogP contribution in [0.25, 0.3) is 0 Å². The average molecular weight is 254 g/mol. The van der Waals surface area contributed by atoms with E-state index >= 15 is 0 Å². The molecule has 1 atom stereocenters. The maximum Gasteiger partial charge on any atom is 0.126 e. The van der Waals surface area contributed by atoms with E-state index in [-0.39, 0.29) is 11.9 Å².